The highest BCUT2D eigenvalue weighted by Crippen LogP contribution is 2.30. The van der Waals surface area contributed by atoms with Crippen molar-refractivity contribution in [3.63, 3.8) is 0 Å². The summed E-state index contributed by atoms with van der Waals surface area (Å²) < 4.78 is 0. The van der Waals surface area contributed by atoms with Crippen molar-refractivity contribution >= 4 is 58.3 Å². The maximum Gasteiger partial charge on any atom is 0.234 e. The van der Waals surface area contributed by atoms with Gasteiger partial charge in [0.2, 0.25) is 5.91 Å². The maximum atomic E-state index is 12.1. The summed E-state index contributed by atoms with van der Waals surface area (Å²) in [4.78, 5) is 13.8. The van der Waals surface area contributed by atoms with Crippen molar-refractivity contribution in [2.24, 2.45) is 0 Å². The molecule has 0 bridgehead atoms. The number of anilines is 1. The minimum Gasteiger partial charge on any atom is -0.324 e. The standard InChI is InChI=1S/C16H12Cl2N2OS2/c17-11-5-6-12(18)15(9-11)23-10-16(21)20-13-3-1-2-4-14(13)22-8-7-19/h1-6,9H,8,10H2,(H,20,21). The summed E-state index contributed by atoms with van der Waals surface area (Å²) >= 11 is 14.7. The van der Waals surface area contributed by atoms with E-state index in [1.807, 2.05) is 24.3 Å². The summed E-state index contributed by atoms with van der Waals surface area (Å²) in [6.07, 6.45) is 0. The summed E-state index contributed by atoms with van der Waals surface area (Å²) in [5.74, 6) is 0.410. The first-order valence-corrected chi connectivity index (χ1v) is 9.29. The van der Waals surface area contributed by atoms with E-state index in [9.17, 15) is 4.79 Å². The molecule has 0 aliphatic heterocycles. The molecule has 2 aromatic carbocycles. The van der Waals surface area contributed by atoms with E-state index < -0.39 is 0 Å². The van der Waals surface area contributed by atoms with E-state index in [-0.39, 0.29) is 11.7 Å². The first kappa shape index (κ1) is 18.0. The van der Waals surface area contributed by atoms with Crippen LogP contribution in [0.25, 0.3) is 0 Å². The fourth-order valence-electron chi connectivity index (χ4n) is 1.72. The Balaban J connectivity index is 1.97. The molecule has 0 fully saturated rings. The molecule has 23 heavy (non-hydrogen) atoms. The Morgan fingerprint density at radius 3 is 2.70 bits per heavy atom. The third-order valence-electron chi connectivity index (χ3n) is 2.71. The SMILES string of the molecule is N#CCSc1ccccc1NC(=O)CSc1cc(Cl)ccc1Cl. The Bertz CT molecular complexity index is 747. The van der Waals surface area contributed by atoms with E-state index in [0.717, 1.165) is 9.79 Å². The highest BCUT2D eigenvalue weighted by Gasteiger charge is 2.09. The summed E-state index contributed by atoms with van der Waals surface area (Å²) in [7, 11) is 0. The van der Waals surface area contributed by atoms with Gasteiger partial charge >= 0.3 is 0 Å². The number of halogens is 2. The van der Waals surface area contributed by atoms with Crippen molar-refractivity contribution in [1.29, 1.82) is 5.26 Å². The number of nitriles is 1. The number of rotatable bonds is 6. The lowest BCUT2D eigenvalue weighted by molar-refractivity contribution is -0.113. The highest BCUT2D eigenvalue weighted by molar-refractivity contribution is 8.00. The van der Waals surface area contributed by atoms with Gasteiger partial charge in [0.15, 0.2) is 0 Å². The molecule has 0 radical (unpaired) electrons. The van der Waals surface area contributed by atoms with Crippen LogP contribution in [-0.2, 0) is 4.79 Å². The fourth-order valence-corrected chi connectivity index (χ4v) is 3.69. The Kier molecular flexibility index (Phi) is 7.13. The maximum absolute atomic E-state index is 12.1. The average Bonchev–Trinajstić information content (AvgIpc) is 2.55. The molecule has 0 spiro atoms. The second-order valence-corrected chi connectivity index (χ2v) is 7.23. The zero-order chi connectivity index (χ0) is 16.7. The van der Waals surface area contributed by atoms with Crippen LogP contribution in [0.2, 0.25) is 10.0 Å². The van der Waals surface area contributed by atoms with Crippen molar-refractivity contribution in [1.82, 2.24) is 0 Å². The van der Waals surface area contributed by atoms with Gasteiger partial charge in [0.1, 0.15) is 0 Å². The molecule has 1 amide bonds. The molecule has 0 aromatic heterocycles. The molecule has 0 saturated heterocycles. The largest absolute Gasteiger partial charge is 0.324 e. The monoisotopic (exact) mass is 382 g/mol. The Morgan fingerprint density at radius 2 is 1.91 bits per heavy atom. The molecule has 0 aliphatic rings. The van der Waals surface area contributed by atoms with E-state index in [1.165, 1.54) is 23.5 Å². The van der Waals surface area contributed by atoms with Gasteiger partial charge in [0.25, 0.3) is 0 Å². The highest BCUT2D eigenvalue weighted by atomic mass is 35.5. The summed E-state index contributed by atoms with van der Waals surface area (Å²) in [6, 6.07) is 14.6. The summed E-state index contributed by atoms with van der Waals surface area (Å²) in [6.45, 7) is 0. The molecule has 1 N–H and O–H groups in total. The van der Waals surface area contributed by atoms with Crippen LogP contribution in [0.5, 0.6) is 0 Å². The number of thioether (sulfide) groups is 2. The van der Waals surface area contributed by atoms with Gasteiger partial charge in [-0.2, -0.15) is 5.26 Å². The average molecular weight is 383 g/mol. The number of amides is 1. The number of nitrogens with one attached hydrogen (secondary N) is 1. The predicted octanol–water partition coefficient (Wildman–Crippen LogP) is 5.34. The summed E-state index contributed by atoms with van der Waals surface area (Å²) in [5, 5.41) is 12.7. The molecule has 0 saturated carbocycles. The molecule has 0 unspecified atom stereocenters. The minimum absolute atomic E-state index is 0.143. The van der Waals surface area contributed by atoms with Crippen LogP contribution < -0.4 is 5.32 Å². The molecule has 0 atom stereocenters. The fraction of sp³-hybridized carbons (Fsp3) is 0.125. The summed E-state index contributed by atoms with van der Waals surface area (Å²) in [5.41, 5.74) is 0.704. The van der Waals surface area contributed by atoms with Crippen molar-refractivity contribution in [2.75, 3.05) is 16.8 Å². The van der Waals surface area contributed by atoms with Crippen molar-refractivity contribution < 1.29 is 4.79 Å². The van der Waals surface area contributed by atoms with Crippen LogP contribution in [0.15, 0.2) is 52.3 Å². The van der Waals surface area contributed by atoms with Gasteiger partial charge in [-0.3, -0.25) is 4.79 Å². The van der Waals surface area contributed by atoms with E-state index in [4.69, 9.17) is 28.5 Å². The zero-order valence-electron chi connectivity index (χ0n) is 11.9. The number of carbonyl (C=O) groups is 1. The zero-order valence-corrected chi connectivity index (χ0v) is 15.0. The van der Waals surface area contributed by atoms with Crippen LogP contribution in [0.3, 0.4) is 0 Å². The second kappa shape index (κ2) is 9.09. The lowest BCUT2D eigenvalue weighted by atomic mass is 10.3. The van der Waals surface area contributed by atoms with E-state index in [1.54, 1.807) is 18.2 Å². The van der Waals surface area contributed by atoms with Gasteiger partial charge in [-0.15, -0.1) is 23.5 Å². The number of para-hydroxylation sites is 1. The van der Waals surface area contributed by atoms with Gasteiger partial charge < -0.3 is 5.32 Å². The van der Waals surface area contributed by atoms with Crippen LogP contribution in [0, 0.1) is 11.3 Å². The van der Waals surface area contributed by atoms with E-state index in [2.05, 4.69) is 11.4 Å². The number of carbonyl (C=O) groups excluding carboxylic acids is 1. The third kappa shape index (κ3) is 5.67. The van der Waals surface area contributed by atoms with Gasteiger partial charge in [-0.05, 0) is 30.3 Å². The topological polar surface area (TPSA) is 52.9 Å². The lowest BCUT2D eigenvalue weighted by Gasteiger charge is -2.10. The van der Waals surface area contributed by atoms with Crippen molar-refractivity contribution in [2.45, 2.75) is 9.79 Å². The van der Waals surface area contributed by atoms with Crippen LogP contribution in [-0.4, -0.2) is 17.4 Å². The quantitative estimate of drug-likeness (QED) is 0.684. The van der Waals surface area contributed by atoms with Crippen LogP contribution >= 0.6 is 46.7 Å². The van der Waals surface area contributed by atoms with Gasteiger partial charge in [0.05, 0.1) is 28.3 Å². The lowest BCUT2D eigenvalue weighted by Crippen LogP contribution is -2.14. The molecule has 0 aliphatic carbocycles. The van der Waals surface area contributed by atoms with Gasteiger partial charge in [0, 0.05) is 14.8 Å². The van der Waals surface area contributed by atoms with Crippen LogP contribution in [0.4, 0.5) is 5.69 Å². The molecule has 7 heteroatoms. The molecule has 2 rings (SSSR count). The van der Waals surface area contributed by atoms with Gasteiger partial charge in [-0.1, -0.05) is 35.3 Å². The normalized spacial score (nSPS) is 10.1. The minimum atomic E-state index is -0.143. The molecule has 118 valence electrons. The van der Waals surface area contributed by atoms with E-state index in [0.29, 0.717) is 21.5 Å². The molecular weight excluding hydrogens is 371 g/mol. The van der Waals surface area contributed by atoms with Crippen LogP contribution in [0.1, 0.15) is 0 Å². The number of benzene rings is 2. The smallest absolute Gasteiger partial charge is 0.234 e. The molecular formula is C16H12Cl2N2OS2. The van der Waals surface area contributed by atoms with Crippen molar-refractivity contribution in [3.05, 3.63) is 52.5 Å². The number of hydrogen-bond acceptors (Lipinski definition) is 4. The molecule has 2 aromatic rings. The Morgan fingerprint density at radius 1 is 1.13 bits per heavy atom. The third-order valence-corrected chi connectivity index (χ3v) is 5.38. The Labute approximate surface area is 153 Å². The first-order chi connectivity index (χ1) is 11.1. The molecule has 0 heterocycles. The Hall–Kier alpha value is -1.32. The van der Waals surface area contributed by atoms with Gasteiger partial charge in [-0.25, -0.2) is 0 Å². The number of nitrogens with zero attached hydrogens (tertiary/aromatic N) is 1. The second-order valence-electron chi connectivity index (χ2n) is 4.35. The molecule has 3 nitrogen and oxygen atoms in total. The predicted molar refractivity (Wildman–Crippen MR) is 98.6 cm³/mol. The number of hydrogen-bond donors (Lipinski definition) is 1. The van der Waals surface area contributed by atoms with E-state index >= 15 is 0 Å². The first-order valence-electron chi connectivity index (χ1n) is 6.56. The van der Waals surface area contributed by atoms with Crippen molar-refractivity contribution in [3.8, 4) is 6.07 Å².